The van der Waals surface area contributed by atoms with Gasteiger partial charge in [0, 0.05) is 9.75 Å². The summed E-state index contributed by atoms with van der Waals surface area (Å²) in [4.78, 5) is 2.62. The first-order valence-electron chi connectivity index (χ1n) is 10.6. The second-order valence-corrected chi connectivity index (χ2v) is 9.25. The van der Waals surface area contributed by atoms with Crippen molar-refractivity contribution in [2.75, 3.05) is 0 Å². The Hall–Kier alpha value is -3.42. The minimum absolute atomic E-state index is 1.24. The van der Waals surface area contributed by atoms with E-state index in [2.05, 4.69) is 123 Å². The van der Waals surface area contributed by atoms with Crippen LogP contribution in [-0.2, 0) is 0 Å². The molecule has 0 saturated heterocycles. The third-order valence-electron chi connectivity index (χ3n) is 5.75. The molecule has 150 valence electrons. The van der Waals surface area contributed by atoms with E-state index in [1.165, 1.54) is 53.9 Å². The molecule has 0 radical (unpaired) electrons. The van der Waals surface area contributed by atoms with E-state index < -0.39 is 0 Å². The Kier molecular flexibility index (Phi) is 5.28. The minimum atomic E-state index is 1.24. The number of fused-ring (bicyclic) bond motifs is 1. The molecule has 4 aromatic carbocycles. The van der Waals surface area contributed by atoms with Crippen LogP contribution in [0.1, 0.15) is 20.9 Å². The monoisotopic (exact) mass is 416 g/mol. The Bertz CT molecular complexity index is 1380. The summed E-state index contributed by atoms with van der Waals surface area (Å²) in [6.45, 7) is 4.38. The van der Waals surface area contributed by atoms with Crippen LogP contribution in [0.4, 0.5) is 0 Å². The lowest BCUT2D eigenvalue weighted by Crippen LogP contribution is -1.91. The molecule has 0 amide bonds. The summed E-state index contributed by atoms with van der Waals surface area (Å²) in [7, 11) is 0. The van der Waals surface area contributed by atoms with Gasteiger partial charge in [-0.25, -0.2) is 0 Å². The van der Waals surface area contributed by atoms with Crippen molar-refractivity contribution >= 4 is 34.3 Å². The number of aryl methyl sites for hydroxylation is 2. The smallest absolute Gasteiger partial charge is 0.0273 e. The van der Waals surface area contributed by atoms with Crippen molar-refractivity contribution in [1.29, 1.82) is 0 Å². The Morgan fingerprint density at radius 1 is 0.613 bits per heavy atom. The fourth-order valence-corrected chi connectivity index (χ4v) is 4.98. The maximum Gasteiger partial charge on any atom is 0.0273 e. The molecule has 1 heterocycles. The van der Waals surface area contributed by atoms with Crippen molar-refractivity contribution in [2.24, 2.45) is 0 Å². The van der Waals surface area contributed by atoms with Crippen molar-refractivity contribution in [3.05, 3.63) is 118 Å². The standard InChI is InChI=1S/C30H24S/c1-21-19-30(24-9-4-3-5-10-24)25(16-18-26-17-15-22(2)31-26)20-29(21)28-14-8-12-23-11-6-7-13-27(23)28/h3-20H,1-2H3. The van der Waals surface area contributed by atoms with Gasteiger partial charge in [0.1, 0.15) is 0 Å². The molecule has 0 bridgehead atoms. The number of thiophene rings is 1. The van der Waals surface area contributed by atoms with Crippen LogP contribution in [-0.4, -0.2) is 0 Å². The molecule has 5 rings (SSSR count). The van der Waals surface area contributed by atoms with Gasteiger partial charge in [0.25, 0.3) is 0 Å². The molecule has 0 unspecified atom stereocenters. The lowest BCUT2D eigenvalue weighted by molar-refractivity contribution is 1.45. The lowest BCUT2D eigenvalue weighted by Gasteiger charge is -2.15. The average Bonchev–Trinajstić information content (AvgIpc) is 3.23. The van der Waals surface area contributed by atoms with Gasteiger partial charge in [-0.3, -0.25) is 0 Å². The summed E-state index contributed by atoms with van der Waals surface area (Å²) in [5.41, 5.74) is 7.63. The average molecular weight is 417 g/mol. The number of hydrogen-bond donors (Lipinski definition) is 0. The first kappa shape index (κ1) is 19.5. The fourth-order valence-electron chi connectivity index (χ4n) is 4.20. The quantitative estimate of drug-likeness (QED) is 0.274. The zero-order valence-corrected chi connectivity index (χ0v) is 18.6. The summed E-state index contributed by atoms with van der Waals surface area (Å²) in [6, 6.07) is 35.0. The molecule has 0 saturated carbocycles. The van der Waals surface area contributed by atoms with E-state index in [-0.39, 0.29) is 0 Å². The third-order valence-corrected chi connectivity index (χ3v) is 6.72. The predicted molar refractivity (Wildman–Crippen MR) is 138 cm³/mol. The molecule has 1 heteroatoms. The molecular weight excluding hydrogens is 392 g/mol. The Morgan fingerprint density at radius 2 is 1.39 bits per heavy atom. The lowest BCUT2D eigenvalue weighted by atomic mass is 9.89. The van der Waals surface area contributed by atoms with Gasteiger partial charge >= 0.3 is 0 Å². The fraction of sp³-hybridized carbons (Fsp3) is 0.0667. The third kappa shape index (κ3) is 3.97. The summed E-state index contributed by atoms with van der Waals surface area (Å²) >= 11 is 1.83. The maximum absolute atomic E-state index is 2.36. The predicted octanol–water partition coefficient (Wildman–Crippen LogP) is 9.02. The molecule has 1 aromatic heterocycles. The SMILES string of the molecule is Cc1ccc(C=Cc2cc(-c3cccc4ccccc34)c(C)cc2-c2ccccc2)s1. The highest BCUT2D eigenvalue weighted by Crippen LogP contribution is 2.36. The topological polar surface area (TPSA) is 0 Å². The van der Waals surface area contributed by atoms with Crippen molar-refractivity contribution in [2.45, 2.75) is 13.8 Å². The first-order chi connectivity index (χ1) is 15.2. The molecule has 31 heavy (non-hydrogen) atoms. The zero-order chi connectivity index (χ0) is 21.2. The van der Waals surface area contributed by atoms with Gasteiger partial charge in [-0.15, -0.1) is 11.3 Å². The molecule has 0 N–H and O–H groups in total. The Labute approximate surface area is 188 Å². The highest BCUT2D eigenvalue weighted by molar-refractivity contribution is 7.12. The Morgan fingerprint density at radius 3 is 2.19 bits per heavy atom. The largest absolute Gasteiger partial charge is 0.141 e. The van der Waals surface area contributed by atoms with E-state index in [1.807, 2.05) is 11.3 Å². The first-order valence-corrected chi connectivity index (χ1v) is 11.4. The van der Waals surface area contributed by atoms with Crippen molar-refractivity contribution in [1.82, 2.24) is 0 Å². The van der Waals surface area contributed by atoms with Crippen molar-refractivity contribution in [3.63, 3.8) is 0 Å². The summed E-state index contributed by atoms with van der Waals surface area (Å²) in [5, 5.41) is 2.57. The second kappa shape index (κ2) is 8.37. The molecule has 0 spiro atoms. The summed E-state index contributed by atoms with van der Waals surface area (Å²) in [6.07, 6.45) is 4.50. The van der Waals surface area contributed by atoms with Gasteiger partial charge in [-0.05, 0) is 82.3 Å². The van der Waals surface area contributed by atoms with Gasteiger partial charge < -0.3 is 0 Å². The van der Waals surface area contributed by atoms with Crippen LogP contribution in [0.2, 0.25) is 0 Å². The molecule has 0 atom stereocenters. The van der Waals surface area contributed by atoms with Crippen molar-refractivity contribution < 1.29 is 0 Å². The highest BCUT2D eigenvalue weighted by Gasteiger charge is 2.11. The number of benzene rings is 4. The van der Waals surface area contributed by atoms with Crippen LogP contribution < -0.4 is 0 Å². The number of rotatable bonds is 4. The van der Waals surface area contributed by atoms with Crippen molar-refractivity contribution in [3.8, 4) is 22.3 Å². The van der Waals surface area contributed by atoms with Crippen LogP contribution in [0.5, 0.6) is 0 Å². The van der Waals surface area contributed by atoms with E-state index in [4.69, 9.17) is 0 Å². The van der Waals surface area contributed by atoms with Crippen LogP contribution in [0, 0.1) is 13.8 Å². The van der Waals surface area contributed by atoms with E-state index >= 15 is 0 Å². The van der Waals surface area contributed by atoms with Gasteiger partial charge in [0.15, 0.2) is 0 Å². The molecule has 0 aliphatic rings. The van der Waals surface area contributed by atoms with Gasteiger partial charge in [0.2, 0.25) is 0 Å². The van der Waals surface area contributed by atoms with E-state index in [0.717, 1.165) is 0 Å². The van der Waals surface area contributed by atoms with E-state index in [0.29, 0.717) is 0 Å². The maximum atomic E-state index is 2.36. The zero-order valence-electron chi connectivity index (χ0n) is 17.8. The molecular formula is C30H24S. The summed E-state index contributed by atoms with van der Waals surface area (Å²) in [5.74, 6) is 0. The summed E-state index contributed by atoms with van der Waals surface area (Å²) < 4.78 is 0. The molecule has 0 aliphatic carbocycles. The van der Waals surface area contributed by atoms with E-state index in [9.17, 15) is 0 Å². The molecule has 0 fully saturated rings. The second-order valence-electron chi connectivity index (χ2n) is 7.93. The normalized spacial score (nSPS) is 11.4. The molecule has 0 nitrogen and oxygen atoms in total. The number of hydrogen-bond acceptors (Lipinski definition) is 1. The van der Waals surface area contributed by atoms with Crippen LogP contribution >= 0.6 is 11.3 Å². The van der Waals surface area contributed by atoms with Gasteiger partial charge in [-0.2, -0.15) is 0 Å². The van der Waals surface area contributed by atoms with Crippen LogP contribution in [0.15, 0.2) is 97.1 Å². The van der Waals surface area contributed by atoms with Crippen LogP contribution in [0.3, 0.4) is 0 Å². The molecule has 0 aliphatic heterocycles. The Balaban J connectivity index is 1.71. The minimum Gasteiger partial charge on any atom is -0.141 e. The van der Waals surface area contributed by atoms with Gasteiger partial charge in [0.05, 0.1) is 0 Å². The van der Waals surface area contributed by atoms with Gasteiger partial charge in [-0.1, -0.05) is 84.9 Å². The molecule has 5 aromatic rings. The van der Waals surface area contributed by atoms with Crippen LogP contribution in [0.25, 0.3) is 45.2 Å². The van der Waals surface area contributed by atoms with E-state index in [1.54, 1.807) is 0 Å². The highest BCUT2D eigenvalue weighted by atomic mass is 32.1.